The van der Waals surface area contributed by atoms with Crippen LogP contribution in [0.3, 0.4) is 0 Å². The third-order valence-corrected chi connectivity index (χ3v) is 4.85. The van der Waals surface area contributed by atoms with Gasteiger partial charge in [-0.25, -0.2) is 9.98 Å². The van der Waals surface area contributed by atoms with E-state index in [1.165, 1.54) is 0 Å². The first kappa shape index (κ1) is 20.7. The van der Waals surface area contributed by atoms with E-state index in [-0.39, 0.29) is 5.91 Å². The van der Waals surface area contributed by atoms with Gasteiger partial charge in [-0.3, -0.25) is 4.79 Å². The average molecular weight is 389 g/mol. The number of anilines is 1. The Labute approximate surface area is 164 Å². The molecular formula is C19H28N6OS. The molecule has 0 radical (unpaired) electrons. The lowest BCUT2D eigenvalue weighted by atomic mass is 10.1. The summed E-state index contributed by atoms with van der Waals surface area (Å²) in [7, 11) is 5.60. The molecule has 0 atom stereocenters. The molecule has 1 aromatic heterocycles. The van der Waals surface area contributed by atoms with Gasteiger partial charge in [0.1, 0.15) is 0 Å². The van der Waals surface area contributed by atoms with Gasteiger partial charge >= 0.3 is 0 Å². The first-order valence-corrected chi connectivity index (χ1v) is 9.86. The van der Waals surface area contributed by atoms with Crippen LogP contribution in [0.25, 0.3) is 0 Å². The number of amides is 1. The van der Waals surface area contributed by atoms with Crippen molar-refractivity contribution in [3.8, 4) is 0 Å². The maximum atomic E-state index is 11.7. The van der Waals surface area contributed by atoms with Gasteiger partial charge in [0, 0.05) is 45.2 Å². The van der Waals surface area contributed by atoms with Crippen molar-refractivity contribution in [3.63, 3.8) is 0 Å². The van der Waals surface area contributed by atoms with Crippen LogP contribution >= 0.6 is 11.3 Å². The molecule has 1 amide bonds. The minimum absolute atomic E-state index is 0.0694. The van der Waals surface area contributed by atoms with Gasteiger partial charge < -0.3 is 20.9 Å². The molecule has 1 aromatic carbocycles. The van der Waals surface area contributed by atoms with E-state index in [0.717, 1.165) is 41.9 Å². The fraction of sp³-hybridized carbons (Fsp3) is 0.421. The molecule has 0 saturated carbocycles. The minimum Gasteiger partial charge on any atom is -0.357 e. The summed E-state index contributed by atoms with van der Waals surface area (Å²) in [5.74, 6) is 0.694. The molecule has 8 heteroatoms. The fourth-order valence-corrected chi connectivity index (χ4v) is 3.16. The Hall–Kier alpha value is -2.61. The third kappa shape index (κ3) is 6.56. The van der Waals surface area contributed by atoms with E-state index in [9.17, 15) is 4.79 Å². The summed E-state index contributed by atoms with van der Waals surface area (Å²) in [6.07, 6.45) is 0.802. The second-order valence-corrected chi connectivity index (χ2v) is 7.00. The van der Waals surface area contributed by atoms with Crippen molar-refractivity contribution < 1.29 is 4.79 Å². The molecule has 27 heavy (non-hydrogen) atoms. The van der Waals surface area contributed by atoms with Crippen LogP contribution in [-0.4, -0.2) is 51.1 Å². The number of thiazole rings is 1. The summed E-state index contributed by atoms with van der Waals surface area (Å²) in [5, 5.41) is 12.2. The molecule has 0 saturated heterocycles. The summed E-state index contributed by atoms with van der Waals surface area (Å²) in [6.45, 7) is 4.09. The van der Waals surface area contributed by atoms with Crippen LogP contribution < -0.4 is 20.9 Å². The van der Waals surface area contributed by atoms with Crippen LogP contribution in [0, 0.1) is 0 Å². The van der Waals surface area contributed by atoms with Crippen molar-refractivity contribution in [1.82, 2.24) is 20.9 Å². The number of carbonyl (C=O) groups is 1. The zero-order chi connectivity index (χ0) is 19.6. The van der Waals surface area contributed by atoms with Gasteiger partial charge in [-0.05, 0) is 31.0 Å². The minimum atomic E-state index is -0.0694. The highest BCUT2D eigenvalue weighted by Gasteiger charge is 2.05. The number of nitrogens with one attached hydrogen (secondary N) is 3. The van der Waals surface area contributed by atoms with E-state index in [1.54, 1.807) is 18.4 Å². The Kier molecular flexibility index (Phi) is 8.06. The zero-order valence-corrected chi connectivity index (χ0v) is 17.2. The fourth-order valence-electron chi connectivity index (χ4n) is 2.41. The molecular weight excluding hydrogens is 360 g/mol. The summed E-state index contributed by atoms with van der Waals surface area (Å²) in [5.41, 5.74) is 2.74. The summed E-state index contributed by atoms with van der Waals surface area (Å²) < 4.78 is 0. The van der Waals surface area contributed by atoms with Gasteiger partial charge in [-0.1, -0.05) is 12.1 Å². The highest BCUT2D eigenvalue weighted by Crippen LogP contribution is 2.18. The number of rotatable bonds is 8. The molecule has 146 valence electrons. The van der Waals surface area contributed by atoms with Gasteiger partial charge in [-0.2, -0.15) is 0 Å². The maximum Gasteiger partial charge on any atom is 0.251 e. The molecule has 0 aliphatic carbocycles. The summed E-state index contributed by atoms with van der Waals surface area (Å²) >= 11 is 1.62. The average Bonchev–Trinajstić information content (AvgIpc) is 3.15. The van der Waals surface area contributed by atoms with E-state index >= 15 is 0 Å². The summed E-state index contributed by atoms with van der Waals surface area (Å²) in [4.78, 5) is 22.9. The zero-order valence-electron chi connectivity index (χ0n) is 16.4. The van der Waals surface area contributed by atoms with Gasteiger partial charge in [0.15, 0.2) is 11.1 Å². The Morgan fingerprint density at radius 2 is 2.11 bits per heavy atom. The molecule has 3 N–H and O–H groups in total. The Morgan fingerprint density at radius 3 is 2.78 bits per heavy atom. The molecule has 0 fully saturated rings. The van der Waals surface area contributed by atoms with E-state index in [0.29, 0.717) is 12.1 Å². The van der Waals surface area contributed by atoms with E-state index in [2.05, 4.69) is 25.9 Å². The lowest BCUT2D eigenvalue weighted by Gasteiger charge is -2.11. The van der Waals surface area contributed by atoms with Crippen molar-refractivity contribution in [3.05, 3.63) is 46.5 Å². The Morgan fingerprint density at radius 1 is 1.30 bits per heavy atom. The SMILES string of the molecule is CCNC(=NCc1csc(N(C)C)n1)NCCc1cccc(C(=O)NC)c1. The number of nitrogens with zero attached hydrogens (tertiary/aromatic N) is 3. The number of hydrogen-bond donors (Lipinski definition) is 3. The lowest BCUT2D eigenvalue weighted by Crippen LogP contribution is -2.38. The van der Waals surface area contributed by atoms with Gasteiger partial charge in [0.25, 0.3) is 5.91 Å². The number of guanidine groups is 1. The van der Waals surface area contributed by atoms with Crippen LogP contribution in [-0.2, 0) is 13.0 Å². The van der Waals surface area contributed by atoms with Crippen molar-refractivity contribution in [1.29, 1.82) is 0 Å². The van der Waals surface area contributed by atoms with Crippen molar-refractivity contribution >= 4 is 28.3 Å². The molecule has 0 unspecified atom stereocenters. The maximum absolute atomic E-state index is 11.7. The number of aliphatic imine (C=N–C) groups is 1. The van der Waals surface area contributed by atoms with Crippen LogP contribution in [0.4, 0.5) is 5.13 Å². The van der Waals surface area contributed by atoms with Gasteiger partial charge in [0.2, 0.25) is 0 Å². The Bertz CT molecular complexity index is 771. The van der Waals surface area contributed by atoms with Crippen LogP contribution in [0.15, 0.2) is 34.6 Å². The van der Waals surface area contributed by atoms with Crippen LogP contribution in [0.1, 0.15) is 28.5 Å². The standard InChI is InChI=1S/C19H28N6OS/c1-5-21-18(23-12-16-13-27-19(24-16)25(3)4)22-10-9-14-7-6-8-15(11-14)17(26)20-2/h6-8,11,13H,5,9-10,12H2,1-4H3,(H,20,26)(H2,21,22,23). The number of aromatic nitrogens is 1. The van der Waals surface area contributed by atoms with E-state index in [1.807, 2.05) is 55.6 Å². The van der Waals surface area contributed by atoms with E-state index < -0.39 is 0 Å². The molecule has 0 spiro atoms. The predicted molar refractivity (Wildman–Crippen MR) is 113 cm³/mol. The molecule has 7 nitrogen and oxygen atoms in total. The number of benzene rings is 1. The highest BCUT2D eigenvalue weighted by atomic mass is 32.1. The normalized spacial score (nSPS) is 11.2. The molecule has 0 aliphatic rings. The molecule has 0 bridgehead atoms. The van der Waals surface area contributed by atoms with Gasteiger partial charge in [-0.15, -0.1) is 11.3 Å². The second kappa shape index (κ2) is 10.5. The topological polar surface area (TPSA) is 81.7 Å². The van der Waals surface area contributed by atoms with E-state index in [4.69, 9.17) is 0 Å². The number of hydrogen-bond acceptors (Lipinski definition) is 5. The highest BCUT2D eigenvalue weighted by molar-refractivity contribution is 7.13. The quantitative estimate of drug-likeness (QED) is 0.475. The smallest absolute Gasteiger partial charge is 0.251 e. The second-order valence-electron chi connectivity index (χ2n) is 6.17. The monoisotopic (exact) mass is 388 g/mol. The third-order valence-electron chi connectivity index (χ3n) is 3.79. The molecule has 0 aliphatic heterocycles. The largest absolute Gasteiger partial charge is 0.357 e. The molecule has 1 heterocycles. The first-order chi connectivity index (χ1) is 13.0. The molecule has 2 aromatic rings. The summed E-state index contributed by atoms with van der Waals surface area (Å²) in [6, 6.07) is 7.67. The lowest BCUT2D eigenvalue weighted by molar-refractivity contribution is 0.0963. The van der Waals surface area contributed by atoms with Crippen molar-refractivity contribution in [2.45, 2.75) is 19.9 Å². The Balaban J connectivity index is 1.91. The van der Waals surface area contributed by atoms with Crippen molar-refractivity contribution in [2.24, 2.45) is 4.99 Å². The van der Waals surface area contributed by atoms with Crippen LogP contribution in [0.2, 0.25) is 0 Å². The number of carbonyl (C=O) groups excluding carboxylic acids is 1. The predicted octanol–water partition coefficient (Wildman–Crippen LogP) is 1.87. The van der Waals surface area contributed by atoms with Crippen LogP contribution in [0.5, 0.6) is 0 Å². The molecule has 2 rings (SSSR count). The van der Waals surface area contributed by atoms with Gasteiger partial charge in [0.05, 0.1) is 12.2 Å². The van der Waals surface area contributed by atoms with Crippen molar-refractivity contribution in [2.75, 3.05) is 39.1 Å². The first-order valence-electron chi connectivity index (χ1n) is 8.98.